The second-order valence-electron chi connectivity index (χ2n) is 7.76. The fourth-order valence-electron chi connectivity index (χ4n) is 3.47. The molecule has 0 bridgehead atoms. The van der Waals surface area contributed by atoms with Crippen LogP contribution >= 0.6 is 35.1 Å². The summed E-state index contributed by atoms with van der Waals surface area (Å²) in [6.45, 7) is 2.18. The molecular weight excluding hydrogens is 474 g/mol. The normalized spacial score (nSPS) is 12.3. The number of ether oxygens (including phenoxy) is 1. The first-order chi connectivity index (χ1) is 16.1. The van der Waals surface area contributed by atoms with Crippen molar-refractivity contribution in [1.82, 2.24) is 4.98 Å². The van der Waals surface area contributed by atoms with Crippen LogP contribution in [0.4, 0.5) is 0 Å². The average molecular weight is 500 g/mol. The molecule has 1 atom stereocenters. The zero-order chi connectivity index (χ0) is 23.2. The van der Waals surface area contributed by atoms with Crippen LogP contribution in [0.25, 0.3) is 33.3 Å². The van der Waals surface area contributed by atoms with Gasteiger partial charge in [0.05, 0.1) is 23.6 Å². The Hall–Kier alpha value is -2.15. The first kappa shape index (κ1) is 24.0. The number of fused-ring (bicyclic) bond motifs is 2. The molecule has 0 N–H and O–H groups in total. The van der Waals surface area contributed by atoms with Crippen LogP contribution in [-0.4, -0.2) is 28.4 Å². The number of thioether (sulfide) groups is 2. The summed E-state index contributed by atoms with van der Waals surface area (Å²) >= 11 is 9.76. The van der Waals surface area contributed by atoms with Crippen LogP contribution in [0.15, 0.2) is 59.0 Å². The van der Waals surface area contributed by atoms with Crippen LogP contribution < -0.4 is 0 Å². The summed E-state index contributed by atoms with van der Waals surface area (Å²) < 4.78 is 11.2. The third-order valence-electron chi connectivity index (χ3n) is 5.29. The van der Waals surface area contributed by atoms with Gasteiger partial charge in [-0.15, -0.1) is 23.5 Å². The van der Waals surface area contributed by atoms with Crippen molar-refractivity contribution in [3.05, 3.63) is 65.2 Å². The lowest BCUT2D eigenvalue weighted by Crippen LogP contribution is -2.10. The second-order valence-corrected chi connectivity index (χ2v) is 11.0. The quantitative estimate of drug-likeness (QED) is 0.125. The van der Waals surface area contributed by atoms with E-state index in [4.69, 9.17) is 25.7 Å². The Balaban J connectivity index is 1.49. The molecule has 0 fully saturated rings. The van der Waals surface area contributed by atoms with E-state index in [1.54, 1.807) is 11.8 Å². The van der Waals surface area contributed by atoms with Crippen LogP contribution in [0.3, 0.4) is 0 Å². The molecule has 0 amide bonds. The molecule has 2 heterocycles. The number of aromatic nitrogens is 1. The lowest BCUT2D eigenvalue weighted by molar-refractivity contribution is -0.140. The Kier molecular flexibility index (Phi) is 8.23. The number of esters is 1. The maximum atomic E-state index is 11.8. The minimum Gasteiger partial charge on any atom is -0.469 e. The van der Waals surface area contributed by atoms with Crippen molar-refractivity contribution in [2.75, 3.05) is 12.9 Å². The van der Waals surface area contributed by atoms with Crippen LogP contribution in [0.1, 0.15) is 31.7 Å². The standard InChI is InChI=1S/C26H26ClNO3S2/c1-3-4-11-32-26(15-25(29)30-2)33-16-17-5-10-23-19(12-17)13-24(31-23)21-9-7-18-6-8-20(27)14-22(18)28-21/h5-10,12-14,26H,3-4,11,15-16H2,1-2H3. The number of nitrogens with zero attached hydrogens (tertiary/aromatic N) is 1. The van der Waals surface area contributed by atoms with Gasteiger partial charge in [-0.2, -0.15) is 0 Å². The number of carbonyl (C=O) groups is 1. The molecule has 172 valence electrons. The molecule has 0 aliphatic heterocycles. The maximum absolute atomic E-state index is 11.8. The van der Waals surface area contributed by atoms with E-state index >= 15 is 0 Å². The smallest absolute Gasteiger partial charge is 0.307 e. The lowest BCUT2D eigenvalue weighted by Gasteiger charge is -2.15. The summed E-state index contributed by atoms with van der Waals surface area (Å²) in [5, 5.41) is 2.74. The zero-order valence-corrected chi connectivity index (χ0v) is 21.1. The molecule has 0 saturated heterocycles. The maximum Gasteiger partial charge on any atom is 0.307 e. The molecule has 0 saturated carbocycles. The van der Waals surface area contributed by atoms with E-state index in [1.165, 1.54) is 12.7 Å². The summed E-state index contributed by atoms with van der Waals surface area (Å²) in [4.78, 5) is 16.5. The van der Waals surface area contributed by atoms with Crippen LogP contribution in [-0.2, 0) is 15.3 Å². The third-order valence-corrected chi connectivity index (χ3v) is 8.44. The van der Waals surface area contributed by atoms with Gasteiger partial charge in [0, 0.05) is 21.5 Å². The Morgan fingerprint density at radius 1 is 1.09 bits per heavy atom. The summed E-state index contributed by atoms with van der Waals surface area (Å²) in [5.74, 6) is 2.45. The van der Waals surface area contributed by atoms with Crippen molar-refractivity contribution in [2.45, 2.75) is 36.5 Å². The van der Waals surface area contributed by atoms with Crippen molar-refractivity contribution < 1.29 is 13.9 Å². The molecule has 7 heteroatoms. The molecular formula is C26H26ClNO3S2. The van der Waals surface area contributed by atoms with Crippen molar-refractivity contribution in [3.8, 4) is 11.5 Å². The number of methoxy groups -OCH3 is 1. The fourth-order valence-corrected chi connectivity index (χ4v) is 6.30. The first-order valence-corrected chi connectivity index (χ1v) is 13.4. The van der Waals surface area contributed by atoms with E-state index in [2.05, 4.69) is 19.1 Å². The molecule has 2 aromatic heterocycles. The average Bonchev–Trinajstić information content (AvgIpc) is 3.25. The predicted molar refractivity (Wildman–Crippen MR) is 141 cm³/mol. The number of furan rings is 1. The van der Waals surface area contributed by atoms with Gasteiger partial charge < -0.3 is 9.15 Å². The molecule has 4 aromatic rings. The number of halogens is 1. The summed E-state index contributed by atoms with van der Waals surface area (Å²) in [6.07, 6.45) is 2.73. The largest absolute Gasteiger partial charge is 0.469 e. The van der Waals surface area contributed by atoms with E-state index in [0.717, 1.165) is 57.7 Å². The van der Waals surface area contributed by atoms with Gasteiger partial charge in [-0.1, -0.05) is 43.1 Å². The summed E-state index contributed by atoms with van der Waals surface area (Å²) in [7, 11) is 1.45. The number of rotatable bonds is 10. The first-order valence-electron chi connectivity index (χ1n) is 10.9. The summed E-state index contributed by atoms with van der Waals surface area (Å²) in [5.41, 5.74) is 3.65. The van der Waals surface area contributed by atoms with Crippen molar-refractivity contribution in [2.24, 2.45) is 0 Å². The molecule has 0 radical (unpaired) electrons. The zero-order valence-electron chi connectivity index (χ0n) is 18.7. The number of carbonyl (C=O) groups excluding carboxylic acids is 1. The number of hydrogen-bond donors (Lipinski definition) is 0. The van der Waals surface area contributed by atoms with Gasteiger partial charge in [-0.25, -0.2) is 4.98 Å². The summed E-state index contributed by atoms with van der Waals surface area (Å²) in [6, 6.07) is 18.0. The van der Waals surface area contributed by atoms with Gasteiger partial charge in [0.2, 0.25) is 0 Å². The van der Waals surface area contributed by atoms with Gasteiger partial charge in [0.15, 0.2) is 5.76 Å². The molecule has 33 heavy (non-hydrogen) atoms. The highest BCUT2D eigenvalue weighted by Crippen LogP contribution is 2.33. The molecule has 2 aromatic carbocycles. The van der Waals surface area contributed by atoms with Crippen molar-refractivity contribution in [1.29, 1.82) is 0 Å². The van der Waals surface area contributed by atoms with Gasteiger partial charge in [-0.3, -0.25) is 4.79 Å². The highest BCUT2D eigenvalue weighted by molar-refractivity contribution is 8.16. The second kappa shape index (κ2) is 11.3. The SMILES string of the molecule is CCCCSC(CC(=O)OC)SCc1ccc2oc(-c3ccc4ccc(Cl)cc4n3)cc2c1. The Morgan fingerprint density at radius 2 is 1.94 bits per heavy atom. The highest BCUT2D eigenvalue weighted by Gasteiger charge is 2.16. The van der Waals surface area contributed by atoms with E-state index in [1.807, 2.05) is 54.2 Å². The number of pyridine rings is 1. The number of benzene rings is 2. The van der Waals surface area contributed by atoms with Crippen LogP contribution in [0.5, 0.6) is 0 Å². The molecule has 0 aliphatic carbocycles. The Labute approximate surface area is 207 Å². The van der Waals surface area contributed by atoms with Crippen molar-refractivity contribution >= 4 is 63.0 Å². The number of unbranched alkanes of at least 4 members (excludes halogenated alkanes) is 1. The fraction of sp³-hybridized carbons (Fsp3) is 0.308. The Morgan fingerprint density at radius 3 is 2.76 bits per heavy atom. The van der Waals surface area contributed by atoms with E-state index in [-0.39, 0.29) is 10.6 Å². The molecule has 1 unspecified atom stereocenters. The third kappa shape index (κ3) is 6.25. The lowest BCUT2D eigenvalue weighted by atomic mass is 10.1. The molecule has 4 rings (SSSR count). The number of hydrogen-bond acceptors (Lipinski definition) is 6. The molecule has 4 nitrogen and oxygen atoms in total. The topological polar surface area (TPSA) is 52.3 Å². The van der Waals surface area contributed by atoms with Gasteiger partial charge in [-0.05, 0) is 54.1 Å². The molecule has 0 spiro atoms. The van der Waals surface area contributed by atoms with E-state index < -0.39 is 0 Å². The Bertz CT molecular complexity index is 1260. The van der Waals surface area contributed by atoms with Gasteiger partial charge in [0.25, 0.3) is 0 Å². The highest BCUT2D eigenvalue weighted by atomic mass is 35.5. The monoisotopic (exact) mass is 499 g/mol. The predicted octanol–water partition coefficient (Wildman–Crippen LogP) is 7.96. The van der Waals surface area contributed by atoms with Crippen LogP contribution in [0, 0.1) is 0 Å². The van der Waals surface area contributed by atoms with E-state index in [9.17, 15) is 4.79 Å². The molecule has 0 aliphatic rings. The van der Waals surface area contributed by atoms with Crippen LogP contribution in [0.2, 0.25) is 5.02 Å². The van der Waals surface area contributed by atoms with Gasteiger partial charge >= 0.3 is 5.97 Å². The minimum absolute atomic E-state index is 0.157. The van der Waals surface area contributed by atoms with Gasteiger partial charge in [0.1, 0.15) is 11.3 Å². The minimum atomic E-state index is -0.157. The van der Waals surface area contributed by atoms with E-state index in [0.29, 0.717) is 11.4 Å². The van der Waals surface area contributed by atoms with Crippen molar-refractivity contribution in [3.63, 3.8) is 0 Å².